The van der Waals surface area contributed by atoms with Crippen molar-refractivity contribution < 1.29 is 9.53 Å². The van der Waals surface area contributed by atoms with Gasteiger partial charge in [0, 0.05) is 13.1 Å². The molecule has 2 atom stereocenters. The number of nitrogens with one attached hydrogen (secondary N) is 1. The summed E-state index contributed by atoms with van der Waals surface area (Å²) in [5.74, 6) is 0.198. The largest absolute Gasteiger partial charge is 0.374 e. The van der Waals surface area contributed by atoms with Crippen molar-refractivity contribution in [2.75, 3.05) is 26.2 Å². The third-order valence-corrected chi connectivity index (χ3v) is 4.47. The first kappa shape index (κ1) is 15.9. The number of aromatic nitrogens is 3. The molecule has 1 aliphatic carbocycles. The molecule has 1 aliphatic heterocycles. The van der Waals surface area contributed by atoms with Gasteiger partial charge in [0.15, 0.2) is 0 Å². The summed E-state index contributed by atoms with van der Waals surface area (Å²) in [6.45, 7) is 4.70. The Labute approximate surface area is 135 Å². The van der Waals surface area contributed by atoms with Crippen molar-refractivity contribution in [3.8, 4) is 6.07 Å². The molecule has 0 radical (unpaired) electrons. The molecule has 2 heterocycles. The van der Waals surface area contributed by atoms with E-state index in [2.05, 4.69) is 26.4 Å². The van der Waals surface area contributed by atoms with Crippen LogP contribution in [0.2, 0.25) is 0 Å². The van der Waals surface area contributed by atoms with E-state index in [0.717, 1.165) is 12.8 Å². The minimum absolute atomic E-state index is 0.0102. The van der Waals surface area contributed by atoms with Crippen LogP contribution in [0.3, 0.4) is 0 Å². The van der Waals surface area contributed by atoms with Crippen LogP contribution in [0, 0.1) is 17.2 Å². The lowest BCUT2D eigenvalue weighted by atomic mass is 9.98. The summed E-state index contributed by atoms with van der Waals surface area (Å²) in [6, 6.07) is 2.25. The topological polar surface area (TPSA) is 96.1 Å². The predicted octanol–water partition coefficient (Wildman–Crippen LogP) is -0.213. The number of amides is 1. The monoisotopic (exact) mass is 318 g/mol. The highest BCUT2D eigenvalue weighted by molar-refractivity contribution is 5.79. The van der Waals surface area contributed by atoms with Gasteiger partial charge in [-0.3, -0.25) is 14.4 Å². The fraction of sp³-hybridized carbons (Fsp3) is 0.733. The van der Waals surface area contributed by atoms with Gasteiger partial charge in [-0.05, 0) is 25.7 Å². The number of carbonyl (C=O) groups excluding carboxylic acids is 1. The van der Waals surface area contributed by atoms with Crippen LogP contribution in [0.1, 0.15) is 19.8 Å². The Hall–Kier alpha value is -1.98. The Kier molecular flexibility index (Phi) is 4.59. The molecular weight excluding hydrogens is 296 g/mol. The van der Waals surface area contributed by atoms with Crippen LogP contribution in [-0.2, 0) is 16.1 Å². The minimum Gasteiger partial charge on any atom is -0.374 e. The van der Waals surface area contributed by atoms with Crippen molar-refractivity contribution in [1.82, 2.24) is 25.0 Å². The van der Waals surface area contributed by atoms with Gasteiger partial charge in [0.2, 0.25) is 5.91 Å². The quantitative estimate of drug-likeness (QED) is 0.779. The molecule has 8 heteroatoms. The molecule has 2 aliphatic rings. The lowest BCUT2D eigenvalue weighted by Crippen LogP contribution is -2.53. The first-order valence-corrected chi connectivity index (χ1v) is 7.98. The van der Waals surface area contributed by atoms with Gasteiger partial charge in [-0.1, -0.05) is 0 Å². The Balaban J connectivity index is 1.49. The number of carbonyl (C=O) groups is 1. The van der Waals surface area contributed by atoms with E-state index in [1.54, 1.807) is 11.0 Å². The van der Waals surface area contributed by atoms with E-state index >= 15 is 0 Å². The molecule has 1 saturated carbocycles. The van der Waals surface area contributed by atoms with Crippen molar-refractivity contribution in [3.05, 3.63) is 12.7 Å². The maximum atomic E-state index is 12.3. The van der Waals surface area contributed by atoms with E-state index < -0.39 is 5.54 Å². The molecule has 2 fully saturated rings. The Bertz CT molecular complexity index is 579. The van der Waals surface area contributed by atoms with Gasteiger partial charge in [0.1, 0.15) is 18.2 Å². The highest BCUT2D eigenvalue weighted by Crippen LogP contribution is 2.39. The second kappa shape index (κ2) is 6.64. The van der Waals surface area contributed by atoms with Gasteiger partial charge in [-0.15, -0.1) is 0 Å². The van der Waals surface area contributed by atoms with Crippen LogP contribution in [0.4, 0.5) is 0 Å². The zero-order valence-corrected chi connectivity index (χ0v) is 13.3. The number of ether oxygens (including phenoxy) is 1. The Morgan fingerprint density at radius 2 is 2.39 bits per heavy atom. The zero-order chi connectivity index (χ0) is 16.3. The molecule has 1 amide bonds. The molecule has 1 aromatic rings. The third kappa shape index (κ3) is 4.06. The van der Waals surface area contributed by atoms with Gasteiger partial charge in [-0.25, -0.2) is 4.98 Å². The first-order chi connectivity index (χ1) is 11.1. The van der Waals surface area contributed by atoms with Gasteiger partial charge >= 0.3 is 0 Å². The van der Waals surface area contributed by atoms with Crippen LogP contribution in [0.5, 0.6) is 0 Å². The third-order valence-electron chi connectivity index (χ3n) is 4.47. The summed E-state index contributed by atoms with van der Waals surface area (Å²) in [7, 11) is 0. The molecule has 124 valence electrons. The van der Waals surface area contributed by atoms with Crippen LogP contribution in [-0.4, -0.2) is 63.5 Å². The lowest BCUT2D eigenvalue weighted by Gasteiger charge is -2.33. The van der Waals surface area contributed by atoms with Crippen LogP contribution in [0.15, 0.2) is 12.7 Å². The average Bonchev–Trinajstić information content (AvgIpc) is 3.27. The van der Waals surface area contributed by atoms with Crippen LogP contribution < -0.4 is 5.32 Å². The molecule has 0 aromatic carbocycles. The maximum absolute atomic E-state index is 12.3. The van der Waals surface area contributed by atoms with Crippen LogP contribution in [0.25, 0.3) is 0 Å². The second-order valence-corrected chi connectivity index (χ2v) is 6.48. The number of rotatable bonds is 6. The van der Waals surface area contributed by atoms with Crippen molar-refractivity contribution in [1.29, 1.82) is 5.26 Å². The van der Waals surface area contributed by atoms with E-state index in [0.29, 0.717) is 38.7 Å². The SMILES string of the molecule is CC(C#N)(NC(=O)CN1CCOC(Cn2cncn2)C1)C1CC1. The predicted molar refractivity (Wildman–Crippen MR) is 81.1 cm³/mol. The number of nitrogens with zero attached hydrogens (tertiary/aromatic N) is 5. The standard InChI is InChI=1S/C15H22N6O2/c1-15(9-16,12-2-3-12)19-14(22)8-20-4-5-23-13(6-20)7-21-11-17-10-18-21/h10-13H,2-8H2,1H3,(H,19,22). The van der Waals surface area contributed by atoms with Crippen LogP contribution >= 0.6 is 0 Å². The molecule has 0 bridgehead atoms. The van der Waals surface area contributed by atoms with Gasteiger partial charge in [-0.2, -0.15) is 10.4 Å². The van der Waals surface area contributed by atoms with E-state index in [-0.39, 0.29) is 12.0 Å². The first-order valence-electron chi connectivity index (χ1n) is 7.98. The lowest BCUT2D eigenvalue weighted by molar-refractivity contribution is -0.125. The smallest absolute Gasteiger partial charge is 0.235 e. The molecule has 1 saturated heterocycles. The fourth-order valence-corrected chi connectivity index (χ4v) is 2.98. The highest BCUT2D eigenvalue weighted by atomic mass is 16.5. The molecular formula is C15H22N6O2. The number of hydrogen-bond acceptors (Lipinski definition) is 6. The number of nitriles is 1. The van der Waals surface area contributed by atoms with Gasteiger partial charge in [0.25, 0.3) is 0 Å². The second-order valence-electron chi connectivity index (χ2n) is 6.48. The summed E-state index contributed by atoms with van der Waals surface area (Å²) in [4.78, 5) is 18.2. The Morgan fingerprint density at radius 3 is 3.04 bits per heavy atom. The summed E-state index contributed by atoms with van der Waals surface area (Å²) in [6.07, 6.45) is 5.17. The molecule has 0 spiro atoms. The van der Waals surface area contributed by atoms with Crippen molar-refractivity contribution in [3.63, 3.8) is 0 Å². The molecule has 23 heavy (non-hydrogen) atoms. The molecule has 1 N–H and O–H groups in total. The molecule has 8 nitrogen and oxygen atoms in total. The summed E-state index contributed by atoms with van der Waals surface area (Å²) in [5, 5.41) is 16.3. The van der Waals surface area contributed by atoms with E-state index in [9.17, 15) is 10.1 Å². The number of morpholine rings is 1. The average molecular weight is 318 g/mol. The fourth-order valence-electron chi connectivity index (χ4n) is 2.98. The number of hydrogen-bond donors (Lipinski definition) is 1. The van der Waals surface area contributed by atoms with Gasteiger partial charge < -0.3 is 10.1 Å². The van der Waals surface area contributed by atoms with E-state index in [1.807, 2.05) is 6.92 Å². The normalized spacial score (nSPS) is 24.6. The van der Waals surface area contributed by atoms with Crippen molar-refractivity contribution >= 4 is 5.91 Å². The molecule has 2 unspecified atom stereocenters. The highest BCUT2D eigenvalue weighted by Gasteiger charge is 2.43. The zero-order valence-electron chi connectivity index (χ0n) is 13.3. The van der Waals surface area contributed by atoms with E-state index in [1.165, 1.54) is 6.33 Å². The minimum atomic E-state index is -0.733. The van der Waals surface area contributed by atoms with Crippen molar-refractivity contribution in [2.45, 2.75) is 38.0 Å². The molecule has 1 aromatic heterocycles. The maximum Gasteiger partial charge on any atom is 0.235 e. The van der Waals surface area contributed by atoms with Gasteiger partial charge in [0.05, 0.1) is 31.9 Å². The van der Waals surface area contributed by atoms with Crippen molar-refractivity contribution in [2.24, 2.45) is 5.92 Å². The van der Waals surface area contributed by atoms with E-state index in [4.69, 9.17) is 4.74 Å². The summed E-state index contributed by atoms with van der Waals surface area (Å²) >= 11 is 0. The molecule has 3 rings (SSSR count). The summed E-state index contributed by atoms with van der Waals surface area (Å²) < 4.78 is 7.45. The summed E-state index contributed by atoms with van der Waals surface area (Å²) in [5.41, 5.74) is -0.733. The Morgan fingerprint density at radius 1 is 1.57 bits per heavy atom.